The molecule has 0 radical (unpaired) electrons. The van der Waals surface area contributed by atoms with E-state index in [0.717, 1.165) is 37.9 Å². The predicted octanol–water partition coefficient (Wildman–Crippen LogP) is 2.19. The van der Waals surface area contributed by atoms with Crippen LogP contribution in [0.3, 0.4) is 0 Å². The van der Waals surface area contributed by atoms with Crippen molar-refractivity contribution in [3.8, 4) is 0 Å². The number of benzene rings is 1. The zero-order valence-corrected chi connectivity index (χ0v) is 12.2. The molecule has 1 N–H and O–H groups in total. The second-order valence-electron chi connectivity index (χ2n) is 5.95. The molecule has 1 atom stereocenters. The highest BCUT2D eigenvalue weighted by molar-refractivity contribution is 5.91. The first-order valence-electron chi connectivity index (χ1n) is 7.83. The molecule has 4 rings (SSSR count). The molecule has 1 unspecified atom stereocenters. The van der Waals surface area contributed by atoms with Crippen LogP contribution >= 0.6 is 0 Å². The Kier molecular flexibility index (Phi) is 3.49. The van der Waals surface area contributed by atoms with E-state index in [9.17, 15) is 0 Å². The van der Waals surface area contributed by atoms with E-state index in [-0.39, 0.29) is 0 Å². The van der Waals surface area contributed by atoms with Crippen LogP contribution in [0.4, 0.5) is 5.69 Å². The number of aromatic nitrogens is 1. The second-order valence-corrected chi connectivity index (χ2v) is 5.95. The number of nitrogens with zero attached hydrogens (tertiary/aromatic N) is 2. The fourth-order valence-electron chi connectivity index (χ4n) is 3.06. The highest BCUT2D eigenvalue weighted by Crippen LogP contribution is 2.28. The Balaban J connectivity index is 1.63. The van der Waals surface area contributed by atoms with E-state index in [1.165, 1.54) is 23.9 Å². The van der Waals surface area contributed by atoms with Gasteiger partial charge in [-0.05, 0) is 25.0 Å². The van der Waals surface area contributed by atoms with Crippen LogP contribution in [0.5, 0.6) is 0 Å². The van der Waals surface area contributed by atoms with Crippen molar-refractivity contribution >= 4 is 16.6 Å². The lowest BCUT2D eigenvalue weighted by atomic mass is 10.1. The summed E-state index contributed by atoms with van der Waals surface area (Å²) in [5, 5.41) is 4.87. The number of nitrogens with one attached hydrogen (secondary N) is 1. The Morgan fingerprint density at radius 1 is 1.24 bits per heavy atom. The maximum atomic E-state index is 5.70. The van der Waals surface area contributed by atoms with Crippen LogP contribution in [0.15, 0.2) is 36.5 Å². The quantitative estimate of drug-likeness (QED) is 0.933. The maximum absolute atomic E-state index is 5.70. The van der Waals surface area contributed by atoms with Gasteiger partial charge in [0.25, 0.3) is 0 Å². The molecule has 1 saturated carbocycles. The third kappa shape index (κ3) is 2.74. The normalized spacial score (nSPS) is 22.7. The summed E-state index contributed by atoms with van der Waals surface area (Å²) in [4.78, 5) is 6.96. The van der Waals surface area contributed by atoms with Gasteiger partial charge >= 0.3 is 0 Å². The van der Waals surface area contributed by atoms with Crippen molar-refractivity contribution in [2.45, 2.75) is 24.9 Å². The molecule has 1 aliphatic carbocycles. The Labute approximate surface area is 125 Å². The van der Waals surface area contributed by atoms with Gasteiger partial charge in [0.1, 0.15) is 0 Å². The Morgan fingerprint density at radius 2 is 2.14 bits per heavy atom. The van der Waals surface area contributed by atoms with Gasteiger partial charge in [-0.1, -0.05) is 18.2 Å². The number of para-hydroxylation sites is 1. The maximum Gasteiger partial charge on any atom is 0.0722 e. The summed E-state index contributed by atoms with van der Waals surface area (Å²) in [6, 6.07) is 11.7. The molecule has 2 aliphatic rings. The first kappa shape index (κ1) is 13.0. The molecule has 2 fully saturated rings. The number of hydrogen-bond acceptors (Lipinski definition) is 4. The molecule has 4 heteroatoms. The smallest absolute Gasteiger partial charge is 0.0722 e. The van der Waals surface area contributed by atoms with Crippen molar-refractivity contribution in [3.05, 3.63) is 36.5 Å². The van der Waals surface area contributed by atoms with Crippen LogP contribution in [0, 0.1) is 0 Å². The van der Waals surface area contributed by atoms with Crippen molar-refractivity contribution in [1.29, 1.82) is 0 Å². The van der Waals surface area contributed by atoms with E-state index < -0.39 is 0 Å². The summed E-state index contributed by atoms with van der Waals surface area (Å²) < 4.78 is 5.70. The minimum absolute atomic E-state index is 0.408. The molecular formula is C17H21N3O. The Hall–Kier alpha value is -1.65. The molecule has 1 aromatic heterocycles. The number of hydrogen-bond donors (Lipinski definition) is 1. The SMILES string of the molecule is c1ccc2c(N3CCOCC3CNC3CC3)ccnc2c1. The molecule has 2 aromatic rings. The van der Waals surface area contributed by atoms with Gasteiger partial charge in [-0.15, -0.1) is 0 Å². The van der Waals surface area contributed by atoms with Crippen LogP contribution in [-0.2, 0) is 4.74 Å². The van der Waals surface area contributed by atoms with Gasteiger partial charge in [-0.3, -0.25) is 4.98 Å². The van der Waals surface area contributed by atoms with Crippen molar-refractivity contribution in [1.82, 2.24) is 10.3 Å². The van der Waals surface area contributed by atoms with Gasteiger partial charge in [0.15, 0.2) is 0 Å². The lowest BCUT2D eigenvalue weighted by molar-refractivity contribution is 0.0938. The summed E-state index contributed by atoms with van der Waals surface area (Å²) in [5.41, 5.74) is 2.35. The third-order valence-corrected chi connectivity index (χ3v) is 4.38. The topological polar surface area (TPSA) is 37.4 Å². The summed E-state index contributed by atoms with van der Waals surface area (Å²) in [7, 11) is 0. The molecule has 4 nitrogen and oxygen atoms in total. The number of fused-ring (bicyclic) bond motifs is 1. The highest BCUT2D eigenvalue weighted by atomic mass is 16.5. The largest absolute Gasteiger partial charge is 0.377 e. The molecule has 0 bridgehead atoms. The molecule has 2 heterocycles. The molecule has 0 spiro atoms. The third-order valence-electron chi connectivity index (χ3n) is 4.38. The molecule has 1 saturated heterocycles. The van der Waals surface area contributed by atoms with Crippen LogP contribution in [0.1, 0.15) is 12.8 Å². The fraction of sp³-hybridized carbons (Fsp3) is 0.471. The molecule has 110 valence electrons. The van der Waals surface area contributed by atoms with E-state index in [0.29, 0.717) is 6.04 Å². The highest BCUT2D eigenvalue weighted by Gasteiger charge is 2.27. The number of morpholine rings is 1. The lowest BCUT2D eigenvalue weighted by Crippen LogP contribution is -2.51. The Bertz CT molecular complexity index is 621. The zero-order chi connectivity index (χ0) is 14.1. The van der Waals surface area contributed by atoms with Gasteiger partial charge in [-0.25, -0.2) is 0 Å². The number of anilines is 1. The van der Waals surface area contributed by atoms with E-state index in [1.807, 2.05) is 12.3 Å². The minimum atomic E-state index is 0.408. The van der Waals surface area contributed by atoms with E-state index in [1.54, 1.807) is 0 Å². The molecule has 21 heavy (non-hydrogen) atoms. The van der Waals surface area contributed by atoms with Crippen molar-refractivity contribution in [2.75, 3.05) is 31.2 Å². The summed E-state index contributed by atoms with van der Waals surface area (Å²) >= 11 is 0. The van der Waals surface area contributed by atoms with Crippen LogP contribution in [0.2, 0.25) is 0 Å². The van der Waals surface area contributed by atoms with Crippen LogP contribution < -0.4 is 10.2 Å². The van der Waals surface area contributed by atoms with Gasteiger partial charge in [0, 0.05) is 36.4 Å². The summed E-state index contributed by atoms with van der Waals surface area (Å²) in [5.74, 6) is 0. The first-order chi connectivity index (χ1) is 10.4. The average molecular weight is 283 g/mol. The molecular weight excluding hydrogens is 262 g/mol. The molecule has 1 aromatic carbocycles. The van der Waals surface area contributed by atoms with Gasteiger partial charge in [-0.2, -0.15) is 0 Å². The zero-order valence-electron chi connectivity index (χ0n) is 12.2. The number of rotatable bonds is 4. The minimum Gasteiger partial charge on any atom is -0.377 e. The van der Waals surface area contributed by atoms with Crippen LogP contribution in [0.25, 0.3) is 10.9 Å². The standard InChI is InChI=1S/C17H21N3O/c1-2-4-16-15(3-1)17(7-8-18-16)20-9-10-21-12-14(20)11-19-13-5-6-13/h1-4,7-8,13-14,19H,5-6,9-12H2. The fourth-order valence-corrected chi connectivity index (χ4v) is 3.06. The summed E-state index contributed by atoms with van der Waals surface area (Å²) in [6.07, 6.45) is 4.57. The van der Waals surface area contributed by atoms with Gasteiger partial charge in [0.2, 0.25) is 0 Å². The number of ether oxygens (including phenoxy) is 1. The number of pyridine rings is 1. The van der Waals surface area contributed by atoms with E-state index in [2.05, 4.69) is 39.5 Å². The first-order valence-corrected chi connectivity index (χ1v) is 7.83. The van der Waals surface area contributed by atoms with Crippen LogP contribution in [-0.4, -0.2) is 43.4 Å². The molecule has 0 amide bonds. The van der Waals surface area contributed by atoms with Crippen molar-refractivity contribution in [2.24, 2.45) is 0 Å². The Morgan fingerprint density at radius 3 is 3.05 bits per heavy atom. The van der Waals surface area contributed by atoms with Crippen molar-refractivity contribution < 1.29 is 4.74 Å². The van der Waals surface area contributed by atoms with Gasteiger partial charge in [0.05, 0.1) is 24.8 Å². The average Bonchev–Trinajstić information content (AvgIpc) is 3.37. The van der Waals surface area contributed by atoms with Gasteiger partial charge < -0.3 is 15.0 Å². The lowest BCUT2D eigenvalue weighted by Gasteiger charge is -2.38. The summed E-state index contributed by atoms with van der Waals surface area (Å²) in [6.45, 7) is 3.55. The molecule has 1 aliphatic heterocycles. The van der Waals surface area contributed by atoms with E-state index >= 15 is 0 Å². The predicted molar refractivity (Wildman–Crippen MR) is 84.7 cm³/mol. The second kappa shape index (κ2) is 5.62. The monoisotopic (exact) mass is 283 g/mol. The van der Waals surface area contributed by atoms with Crippen molar-refractivity contribution in [3.63, 3.8) is 0 Å². The van der Waals surface area contributed by atoms with E-state index in [4.69, 9.17) is 4.74 Å².